The average molecular weight is 504 g/mol. The van der Waals surface area contributed by atoms with Crippen molar-refractivity contribution in [1.29, 1.82) is 0 Å². The van der Waals surface area contributed by atoms with E-state index < -0.39 is 0 Å². The lowest BCUT2D eigenvalue weighted by molar-refractivity contribution is 0.0934. The Bertz CT molecular complexity index is 1340. The summed E-state index contributed by atoms with van der Waals surface area (Å²) in [6.07, 6.45) is 1.40. The van der Waals surface area contributed by atoms with Gasteiger partial charge in [-0.3, -0.25) is 9.69 Å². The summed E-state index contributed by atoms with van der Waals surface area (Å²) in [6, 6.07) is 23.3. The highest BCUT2D eigenvalue weighted by Gasteiger charge is 2.19. The molecule has 0 bridgehead atoms. The smallest absolute Gasteiger partial charge is 0.273 e. The third kappa shape index (κ3) is 5.70. The summed E-state index contributed by atoms with van der Waals surface area (Å²) in [4.78, 5) is 19.4. The number of benzene rings is 3. The van der Waals surface area contributed by atoms with Crippen LogP contribution < -0.4 is 14.8 Å². The lowest BCUT2D eigenvalue weighted by Crippen LogP contribution is -2.27. The van der Waals surface area contributed by atoms with Crippen LogP contribution in [0, 0.1) is 0 Å². The van der Waals surface area contributed by atoms with E-state index in [1.54, 1.807) is 0 Å². The highest BCUT2D eigenvalue weighted by atomic mass is 35.5. The molecule has 1 amide bonds. The summed E-state index contributed by atoms with van der Waals surface area (Å²) in [7, 11) is 0. The molecule has 1 N–H and O–H groups in total. The lowest BCUT2D eigenvalue weighted by atomic mass is 10.1. The SMILES string of the molecule is C[C@H](NC(=O)c1coc(CN(Cc2ccc3c(c2)OCO3)Cc2ccccc2Cl)n1)c1ccccc1. The molecular formula is C28H26ClN3O4. The van der Waals surface area contributed by atoms with E-state index in [-0.39, 0.29) is 24.4 Å². The van der Waals surface area contributed by atoms with Crippen molar-refractivity contribution in [1.82, 2.24) is 15.2 Å². The van der Waals surface area contributed by atoms with Gasteiger partial charge >= 0.3 is 0 Å². The number of hydrogen-bond donors (Lipinski definition) is 1. The molecule has 184 valence electrons. The van der Waals surface area contributed by atoms with Crippen molar-refractivity contribution in [3.8, 4) is 11.5 Å². The van der Waals surface area contributed by atoms with Gasteiger partial charge in [0.25, 0.3) is 5.91 Å². The van der Waals surface area contributed by atoms with Gasteiger partial charge in [-0.25, -0.2) is 4.98 Å². The molecule has 1 aromatic heterocycles. The molecule has 4 aromatic rings. The topological polar surface area (TPSA) is 76.8 Å². The summed E-state index contributed by atoms with van der Waals surface area (Å²) >= 11 is 6.44. The zero-order valence-electron chi connectivity index (χ0n) is 19.8. The van der Waals surface area contributed by atoms with Gasteiger partial charge in [-0.15, -0.1) is 0 Å². The number of halogens is 1. The molecule has 0 radical (unpaired) electrons. The number of aromatic nitrogens is 1. The summed E-state index contributed by atoms with van der Waals surface area (Å²) in [5.41, 5.74) is 3.30. The minimum atomic E-state index is -0.283. The molecule has 36 heavy (non-hydrogen) atoms. The van der Waals surface area contributed by atoms with Gasteiger partial charge in [0.05, 0.1) is 12.6 Å². The van der Waals surface area contributed by atoms with Crippen LogP contribution in [0.25, 0.3) is 0 Å². The summed E-state index contributed by atoms with van der Waals surface area (Å²) in [5, 5.41) is 3.66. The summed E-state index contributed by atoms with van der Waals surface area (Å²) < 4.78 is 16.7. The van der Waals surface area contributed by atoms with Crippen molar-refractivity contribution in [3.63, 3.8) is 0 Å². The number of amides is 1. The normalized spacial score (nSPS) is 13.1. The highest BCUT2D eigenvalue weighted by Crippen LogP contribution is 2.33. The maximum absolute atomic E-state index is 12.8. The molecule has 0 aliphatic carbocycles. The minimum absolute atomic E-state index is 0.151. The van der Waals surface area contributed by atoms with Crippen LogP contribution in [0.15, 0.2) is 83.5 Å². The number of fused-ring (bicyclic) bond motifs is 1. The third-order valence-electron chi connectivity index (χ3n) is 5.99. The van der Waals surface area contributed by atoms with Crippen molar-refractivity contribution < 1.29 is 18.7 Å². The molecule has 5 rings (SSSR count). The van der Waals surface area contributed by atoms with Crippen LogP contribution in [0.2, 0.25) is 5.02 Å². The molecule has 0 saturated carbocycles. The fourth-order valence-corrected chi connectivity index (χ4v) is 4.30. The maximum atomic E-state index is 12.8. The number of nitrogens with zero attached hydrogens (tertiary/aromatic N) is 2. The quantitative estimate of drug-likeness (QED) is 0.313. The van der Waals surface area contributed by atoms with E-state index >= 15 is 0 Å². The van der Waals surface area contributed by atoms with Gasteiger partial charge in [0.15, 0.2) is 17.2 Å². The van der Waals surface area contributed by atoms with E-state index in [0.717, 1.165) is 28.2 Å². The van der Waals surface area contributed by atoms with Crippen LogP contribution in [-0.2, 0) is 19.6 Å². The minimum Gasteiger partial charge on any atom is -0.454 e. The second-order valence-electron chi connectivity index (χ2n) is 8.66. The third-order valence-corrected chi connectivity index (χ3v) is 6.35. The number of rotatable bonds is 9. The van der Waals surface area contributed by atoms with Gasteiger partial charge < -0.3 is 19.2 Å². The molecule has 0 spiro atoms. The van der Waals surface area contributed by atoms with Crippen LogP contribution in [0.5, 0.6) is 11.5 Å². The maximum Gasteiger partial charge on any atom is 0.273 e. The van der Waals surface area contributed by atoms with E-state index in [9.17, 15) is 4.79 Å². The Balaban J connectivity index is 1.30. The fraction of sp³-hybridized carbons (Fsp3) is 0.214. The predicted molar refractivity (Wildman–Crippen MR) is 136 cm³/mol. The molecule has 1 aliphatic rings. The standard InChI is InChI=1S/C28H26ClN3O4/c1-19(21-7-3-2-4-8-21)30-28(33)24-17-34-27(31-24)16-32(15-22-9-5-6-10-23(22)29)14-20-11-12-25-26(13-20)36-18-35-25/h2-13,17,19H,14-16,18H2,1H3,(H,30,33)/t19-/m0/s1. The Morgan fingerprint density at radius 3 is 2.61 bits per heavy atom. The van der Waals surface area contributed by atoms with Gasteiger partial charge in [-0.05, 0) is 41.8 Å². The molecule has 7 nitrogen and oxygen atoms in total. The average Bonchev–Trinajstić information content (AvgIpc) is 3.55. The van der Waals surface area contributed by atoms with Crippen molar-refractivity contribution >= 4 is 17.5 Å². The van der Waals surface area contributed by atoms with E-state index in [1.165, 1.54) is 6.26 Å². The number of hydrogen-bond acceptors (Lipinski definition) is 6. The molecule has 1 atom stereocenters. The van der Waals surface area contributed by atoms with Gasteiger partial charge in [-0.2, -0.15) is 0 Å². The molecule has 8 heteroatoms. The van der Waals surface area contributed by atoms with Crippen LogP contribution in [0.1, 0.15) is 46.0 Å². The van der Waals surface area contributed by atoms with Crippen molar-refractivity contribution in [2.75, 3.05) is 6.79 Å². The lowest BCUT2D eigenvalue weighted by Gasteiger charge is -2.22. The molecule has 2 heterocycles. The number of carbonyl (C=O) groups is 1. The Labute approximate surface area is 214 Å². The van der Waals surface area contributed by atoms with Gasteiger partial charge in [0, 0.05) is 18.1 Å². The van der Waals surface area contributed by atoms with Crippen LogP contribution in [0.4, 0.5) is 0 Å². The first-order chi connectivity index (χ1) is 17.5. The second-order valence-corrected chi connectivity index (χ2v) is 9.06. The zero-order valence-corrected chi connectivity index (χ0v) is 20.6. The van der Waals surface area contributed by atoms with E-state index in [1.807, 2.05) is 79.7 Å². The number of carbonyl (C=O) groups excluding carboxylic acids is 1. The van der Waals surface area contributed by atoms with E-state index in [4.69, 9.17) is 25.5 Å². The number of nitrogens with one attached hydrogen (secondary N) is 1. The molecule has 1 aliphatic heterocycles. The Kier molecular flexibility index (Phi) is 7.21. The zero-order chi connectivity index (χ0) is 24.9. The summed E-state index contributed by atoms with van der Waals surface area (Å²) in [5.74, 6) is 1.63. The fourth-order valence-electron chi connectivity index (χ4n) is 4.11. The Morgan fingerprint density at radius 2 is 1.78 bits per heavy atom. The Morgan fingerprint density at radius 1 is 1.00 bits per heavy atom. The van der Waals surface area contributed by atoms with Crippen LogP contribution >= 0.6 is 11.6 Å². The first-order valence-electron chi connectivity index (χ1n) is 11.7. The van der Waals surface area contributed by atoms with E-state index in [2.05, 4.69) is 15.2 Å². The largest absolute Gasteiger partial charge is 0.454 e. The highest BCUT2D eigenvalue weighted by molar-refractivity contribution is 6.31. The molecular weight excluding hydrogens is 478 g/mol. The predicted octanol–water partition coefficient (Wildman–Crippen LogP) is 5.75. The number of oxazole rings is 1. The van der Waals surface area contributed by atoms with Gasteiger partial charge in [0.1, 0.15) is 6.26 Å². The van der Waals surface area contributed by atoms with Crippen molar-refractivity contribution in [2.24, 2.45) is 0 Å². The molecule has 0 fully saturated rings. The van der Waals surface area contributed by atoms with Gasteiger partial charge in [-0.1, -0.05) is 66.2 Å². The van der Waals surface area contributed by atoms with E-state index in [0.29, 0.717) is 30.5 Å². The molecule has 0 unspecified atom stereocenters. The molecule has 0 saturated heterocycles. The Hall–Kier alpha value is -3.81. The number of ether oxygens (including phenoxy) is 2. The second kappa shape index (κ2) is 10.8. The van der Waals surface area contributed by atoms with Crippen molar-refractivity contribution in [3.05, 3.63) is 112 Å². The van der Waals surface area contributed by atoms with Gasteiger partial charge in [0.2, 0.25) is 12.7 Å². The summed E-state index contributed by atoms with van der Waals surface area (Å²) in [6.45, 7) is 3.72. The van der Waals surface area contributed by atoms with Crippen molar-refractivity contribution in [2.45, 2.75) is 32.6 Å². The van der Waals surface area contributed by atoms with Crippen LogP contribution in [0.3, 0.4) is 0 Å². The first kappa shape index (κ1) is 23.9. The monoisotopic (exact) mass is 503 g/mol. The first-order valence-corrected chi connectivity index (χ1v) is 12.1. The van der Waals surface area contributed by atoms with Crippen LogP contribution in [-0.4, -0.2) is 22.6 Å². The molecule has 3 aromatic carbocycles.